The summed E-state index contributed by atoms with van der Waals surface area (Å²) in [5.74, 6) is 0. The highest BCUT2D eigenvalue weighted by molar-refractivity contribution is 4.85. The van der Waals surface area contributed by atoms with Gasteiger partial charge in [0.05, 0.1) is 12.2 Å². The van der Waals surface area contributed by atoms with Crippen LogP contribution in [0.3, 0.4) is 0 Å². The molecule has 3 unspecified atom stereocenters. The predicted octanol–water partition coefficient (Wildman–Crippen LogP) is 1.38. The summed E-state index contributed by atoms with van der Waals surface area (Å²) in [4.78, 5) is 2.63. The van der Waals surface area contributed by atoms with Crippen LogP contribution in [0.25, 0.3) is 0 Å². The first-order valence-corrected chi connectivity index (χ1v) is 7.01. The summed E-state index contributed by atoms with van der Waals surface area (Å²) < 4.78 is 5.86. The molecule has 92 valence electrons. The Hall–Kier alpha value is -0.120. The fourth-order valence-electron chi connectivity index (χ4n) is 3.39. The van der Waals surface area contributed by atoms with Crippen LogP contribution < -0.4 is 5.32 Å². The lowest BCUT2D eigenvalue weighted by atomic mass is 10.0. The van der Waals surface area contributed by atoms with Crippen LogP contribution in [0.5, 0.6) is 0 Å². The third-order valence-electron chi connectivity index (χ3n) is 4.33. The molecule has 3 atom stereocenters. The molecule has 3 nitrogen and oxygen atoms in total. The van der Waals surface area contributed by atoms with Crippen molar-refractivity contribution in [2.24, 2.45) is 0 Å². The molecule has 3 heteroatoms. The molecule has 0 aromatic heterocycles. The number of hydrogen-bond acceptors (Lipinski definition) is 3. The highest BCUT2D eigenvalue weighted by Crippen LogP contribution is 2.26. The van der Waals surface area contributed by atoms with Gasteiger partial charge in [-0.2, -0.15) is 0 Å². The highest BCUT2D eigenvalue weighted by Gasteiger charge is 2.33. The summed E-state index contributed by atoms with van der Waals surface area (Å²) in [6, 6.07) is 0.786. The topological polar surface area (TPSA) is 24.5 Å². The number of nitrogens with zero attached hydrogens (tertiary/aromatic N) is 1. The SMILES string of the molecule is C1CCC(CCN2CC3CCC(C2)O3)NC1. The van der Waals surface area contributed by atoms with Crippen LogP contribution in [0.2, 0.25) is 0 Å². The number of piperidine rings is 1. The second kappa shape index (κ2) is 5.03. The molecule has 3 saturated heterocycles. The van der Waals surface area contributed by atoms with Crippen molar-refractivity contribution >= 4 is 0 Å². The van der Waals surface area contributed by atoms with Crippen molar-refractivity contribution in [3.05, 3.63) is 0 Å². The van der Waals surface area contributed by atoms with Gasteiger partial charge in [0.1, 0.15) is 0 Å². The van der Waals surface area contributed by atoms with Gasteiger partial charge in [0, 0.05) is 19.1 Å². The van der Waals surface area contributed by atoms with Gasteiger partial charge in [0.15, 0.2) is 0 Å². The van der Waals surface area contributed by atoms with E-state index in [1.807, 2.05) is 0 Å². The molecular formula is C13H24N2O. The number of hydrogen-bond donors (Lipinski definition) is 1. The molecule has 0 aromatic rings. The average Bonchev–Trinajstić information content (AvgIpc) is 2.67. The Labute approximate surface area is 98.5 Å². The maximum absolute atomic E-state index is 5.86. The molecule has 1 N–H and O–H groups in total. The number of nitrogens with one attached hydrogen (secondary N) is 1. The van der Waals surface area contributed by atoms with Gasteiger partial charge in [-0.25, -0.2) is 0 Å². The van der Waals surface area contributed by atoms with Gasteiger partial charge in [0.2, 0.25) is 0 Å². The van der Waals surface area contributed by atoms with Crippen LogP contribution in [0.15, 0.2) is 0 Å². The van der Waals surface area contributed by atoms with E-state index in [1.54, 1.807) is 0 Å². The first-order chi connectivity index (χ1) is 7.90. The first kappa shape index (κ1) is 11.0. The summed E-state index contributed by atoms with van der Waals surface area (Å²) in [5.41, 5.74) is 0. The molecule has 0 aliphatic carbocycles. The predicted molar refractivity (Wildman–Crippen MR) is 64.6 cm³/mol. The smallest absolute Gasteiger partial charge is 0.0707 e. The lowest BCUT2D eigenvalue weighted by Gasteiger charge is -2.33. The van der Waals surface area contributed by atoms with Crippen molar-refractivity contribution in [1.29, 1.82) is 0 Å². The van der Waals surface area contributed by atoms with Crippen LogP contribution in [0.4, 0.5) is 0 Å². The molecule has 3 aliphatic heterocycles. The van der Waals surface area contributed by atoms with E-state index in [1.165, 1.54) is 64.7 Å². The van der Waals surface area contributed by atoms with E-state index in [9.17, 15) is 0 Å². The van der Waals surface area contributed by atoms with Crippen LogP contribution >= 0.6 is 0 Å². The average molecular weight is 224 g/mol. The Balaban J connectivity index is 1.41. The molecule has 3 fully saturated rings. The summed E-state index contributed by atoms with van der Waals surface area (Å²) in [6.45, 7) is 4.87. The molecule has 0 aromatic carbocycles. The fourth-order valence-corrected chi connectivity index (χ4v) is 3.39. The lowest BCUT2D eigenvalue weighted by Crippen LogP contribution is -2.45. The number of ether oxygens (including phenoxy) is 1. The zero-order valence-electron chi connectivity index (χ0n) is 10.2. The van der Waals surface area contributed by atoms with Gasteiger partial charge in [-0.1, -0.05) is 6.42 Å². The number of likely N-dealkylation sites (tertiary alicyclic amines) is 1. The van der Waals surface area contributed by atoms with Crippen molar-refractivity contribution in [2.45, 2.75) is 56.8 Å². The van der Waals surface area contributed by atoms with Gasteiger partial charge in [-0.3, -0.25) is 4.90 Å². The maximum Gasteiger partial charge on any atom is 0.0707 e. The van der Waals surface area contributed by atoms with Gasteiger partial charge in [-0.05, 0) is 45.2 Å². The van der Waals surface area contributed by atoms with E-state index in [-0.39, 0.29) is 0 Å². The third kappa shape index (κ3) is 2.58. The molecule has 3 aliphatic rings. The number of rotatable bonds is 3. The molecule has 16 heavy (non-hydrogen) atoms. The molecule has 3 heterocycles. The van der Waals surface area contributed by atoms with E-state index in [0.717, 1.165) is 6.04 Å². The van der Waals surface area contributed by atoms with Gasteiger partial charge >= 0.3 is 0 Å². The van der Waals surface area contributed by atoms with E-state index in [0.29, 0.717) is 12.2 Å². The fraction of sp³-hybridized carbons (Fsp3) is 1.00. The second-order valence-electron chi connectivity index (χ2n) is 5.65. The Morgan fingerprint density at radius 2 is 1.88 bits per heavy atom. The van der Waals surface area contributed by atoms with Gasteiger partial charge in [-0.15, -0.1) is 0 Å². The summed E-state index contributed by atoms with van der Waals surface area (Å²) >= 11 is 0. The Morgan fingerprint density at radius 3 is 2.56 bits per heavy atom. The minimum atomic E-state index is 0.554. The molecule has 3 rings (SSSR count). The summed E-state index contributed by atoms with van der Waals surface area (Å²) in [7, 11) is 0. The van der Waals surface area contributed by atoms with Crippen molar-refractivity contribution in [2.75, 3.05) is 26.2 Å². The van der Waals surface area contributed by atoms with Crippen LogP contribution in [0.1, 0.15) is 38.5 Å². The van der Waals surface area contributed by atoms with E-state index in [2.05, 4.69) is 10.2 Å². The Morgan fingerprint density at radius 1 is 1.06 bits per heavy atom. The van der Waals surface area contributed by atoms with Crippen molar-refractivity contribution < 1.29 is 4.74 Å². The third-order valence-corrected chi connectivity index (χ3v) is 4.33. The second-order valence-corrected chi connectivity index (χ2v) is 5.65. The van der Waals surface area contributed by atoms with Gasteiger partial charge < -0.3 is 10.1 Å². The lowest BCUT2D eigenvalue weighted by molar-refractivity contribution is -0.0392. The van der Waals surface area contributed by atoms with E-state index >= 15 is 0 Å². The normalized spacial score (nSPS) is 40.1. The molecule has 2 bridgehead atoms. The minimum Gasteiger partial charge on any atom is -0.372 e. The largest absolute Gasteiger partial charge is 0.372 e. The molecular weight excluding hydrogens is 200 g/mol. The molecule has 0 saturated carbocycles. The standard InChI is InChI=1S/C13H24N2O/c1-2-7-14-11(3-1)6-8-15-9-12-4-5-13(10-15)16-12/h11-14H,1-10H2. The number of morpholine rings is 1. The van der Waals surface area contributed by atoms with Crippen molar-refractivity contribution in [3.8, 4) is 0 Å². The molecule has 0 radical (unpaired) electrons. The van der Waals surface area contributed by atoms with Crippen molar-refractivity contribution in [3.63, 3.8) is 0 Å². The Kier molecular flexibility index (Phi) is 3.46. The molecule has 0 spiro atoms. The minimum absolute atomic E-state index is 0.554. The van der Waals surface area contributed by atoms with Crippen LogP contribution in [-0.2, 0) is 4.74 Å². The highest BCUT2D eigenvalue weighted by atomic mass is 16.5. The van der Waals surface area contributed by atoms with E-state index < -0.39 is 0 Å². The zero-order valence-corrected chi connectivity index (χ0v) is 10.2. The van der Waals surface area contributed by atoms with Crippen LogP contribution in [-0.4, -0.2) is 49.3 Å². The summed E-state index contributed by atoms with van der Waals surface area (Å²) in [5, 5.41) is 3.64. The van der Waals surface area contributed by atoms with E-state index in [4.69, 9.17) is 4.74 Å². The monoisotopic (exact) mass is 224 g/mol. The van der Waals surface area contributed by atoms with Crippen LogP contribution in [0, 0.1) is 0 Å². The Bertz CT molecular complexity index is 216. The molecule has 0 amide bonds. The quantitative estimate of drug-likeness (QED) is 0.784. The zero-order chi connectivity index (χ0) is 10.8. The maximum atomic E-state index is 5.86. The van der Waals surface area contributed by atoms with Gasteiger partial charge in [0.25, 0.3) is 0 Å². The number of fused-ring (bicyclic) bond motifs is 2. The van der Waals surface area contributed by atoms with Crippen molar-refractivity contribution in [1.82, 2.24) is 10.2 Å². The summed E-state index contributed by atoms with van der Waals surface area (Å²) in [6.07, 6.45) is 9.21. The first-order valence-electron chi connectivity index (χ1n) is 7.01.